The molecule has 3 rings (SSSR count). The maximum absolute atomic E-state index is 6.30. The van der Waals surface area contributed by atoms with E-state index in [2.05, 4.69) is 21.8 Å². The molecule has 3 heterocycles. The predicted octanol–water partition coefficient (Wildman–Crippen LogP) is 3.01. The van der Waals surface area contributed by atoms with Gasteiger partial charge in [-0.15, -0.1) is 0 Å². The third-order valence-electron chi connectivity index (χ3n) is 3.97. The van der Waals surface area contributed by atoms with Gasteiger partial charge in [-0.05, 0) is 32.7 Å². The number of likely N-dealkylation sites (N-methyl/N-ethyl adjacent to an activating group) is 1. The zero-order valence-electron chi connectivity index (χ0n) is 12.0. The van der Waals surface area contributed by atoms with E-state index < -0.39 is 0 Å². The lowest BCUT2D eigenvalue weighted by Crippen LogP contribution is -2.28. The molecule has 20 heavy (non-hydrogen) atoms. The molecule has 2 aliphatic heterocycles. The molecule has 0 aromatic carbocycles. The van der Waals surface area contributed by atoms with E-state index in [-0.39, 0.29) is 0 Å². The Hall–Kier alpha value is -0.360. The molecule has 0 spiro atoms. The van der Waals surface area contributed by atoms with Gasteiger partial charge in [0.1, 0.15) is 5.15 Å². The van der Waals surface area contributed by atoms with Crippen molar-refractivity contribution in [2.75, 3.05) is 38.2 Å². The molecule has 0 aliphatic carbocycles. The Morgan fingerprint density at radius 1 is 1.40 bits per heavy atom. The van der Waals surface area contributed by atoms with Crippen LogP contribution in [0.5, 0.6) is 0 Å². The number of nitrogens with zero attached hydrogens (tertiary/aromatic N) is 3. The molecule has 4 nitrogen and oxygen atoms in total. The predicted molar refractivity (Wildman–Crippen MR) is 83.9 cm³/mol. The monoisotopic (exact) mass is 315 g/mol. The lowest BCUT2D eigenvalue weighted by molar-refractivity contribution is 0.0796. The van der Waals surface area contributed by atoms with Gasteiger partial charge >= 0.3 is 0 Å². The van der Waals surface area contributed by atoms with E-state index in [0.29, 0.717) is 11.3 Å². The van der Waals surface area contributed by atoms with Gasteiger partial charge in [-0.2, -0.15) is 0 Å². The summed E-state index contributed by atoms with van der Waals surface area (Å²) in [6.07, 6.45) is 5.31. The molecule has 1 unspecified atom stereocenters. The van der Waals surface area contributed by atoms with Gasteiger partial charge in [0.15, 0.2) is 5.13 Å². The van der Waals surface area contributed by atoms with Crippen LogP contribution in [0.4, 0.5) is 5.13 Å². The highest BCUT2D eigenvalue weighted by molar-refractivity contribution is 7.16. The van der Waals surface area contributed by atoms with Gasteiger partial charge in [-0.3, -0.25) is 4.90 Å². The van der Waals surface area contributed by atoms with Gasteiger partial charge in [-0.25, -0.2) is 4.98 Å². The highest BCUT2D eigenvalue weighted by Crippen LogP contribution is 2.32. The van der Waals surface area contributed by atoms with Crippen molar-refractivity contribution < 1.29 is 4.74 Å². The molecule has 2 aliphatic rings. The van der Waals surface area contributed by atoms with Crippen LogP contribution in [-0.2, 0) is 11.3 Å². The summed E-state index contributed by atoms with van der Waals surface area (Å²) >= 11 is 8.04. The lowest BCUT2D eigenvalue weighted by Gasteiger charge is -2.19. The van der Waals surface area contributed by atoms with Gasteiger partial charge in [0.25, 0.3) is 0 Å². The van der Waals surface area contributed by atoms with Crippen molar-refractivity contribution in [1.29, 1.82) is 0 Å². The van der Waals surface area contributed by atoms with Gasteiger partial charge in [-0.1, -0.05) is 22.9 Å². The molecule has 0 N–H and O–H groups in total. The number of aromatic nitrogens is 1. The van der Waals surface area contributed by atoms with Gasteiger partial charge < -0.3 is 9.64 Å². The third kappa shape index (κ3) is 3.45. The van der Waals surface area contributed by atoms with Gasteiger partial charge in [0.05, 0.1) is 11.0 Å². The van der Waals surface area contributed by atoms with Crippen molar-refractivity contribution >= 4 is 28.1 Å². The first-order valence-corrected chi connectivity index (χ1v) is 8.62. The summed E-state index contributed by atoms with van der Waals surface area (Å²) in [6.45, 7) is 5.00. The molecule has 0 amide bonds. The maximum Gasteiger partial charge on any atom is 0.187 e. The van der Waals surface area contributed by atoms with Crippen LogP contribution >= 0.6 is 22.9 Å². The Morgan fingerprint density at radius 3 is 2.90 bits per heavy atom. The maximum atomic E-state index is 6.30. The summed E-state index contributed by atoms with van der Waals surface area (Å²) in [5.41, 5.74) is 0. The van der Waals surface area contributed by atoms with Crippen molar-refractivity contribution in [3.63, 3.8) is 0 Å². The number of anilines is 1. The van der Waals surface area contributed by atoms with E-state index >= 15 is 0 Å². The van der Waals surface area contributed by atoms with Crippen LogP contribution in [0.15, 0.2) is 0 Å². The summed E-state index contributed by atoms with van der Waals surface area (Å²) in [7, 11) is 2.13. The smallest absolute Gasteiger partial charge is 0.187 e. The van der Waals surface area contributed by atoms with Crippen LogP contribution in [0.2, 0.25) is 5.15 Å². The Bertz CT molecular complexity index is 442. The van der Waals surface area contributed by atoms with E-state index in [0.717, 1.165) is 37.9 Å². The lowest BCUT2D eigenvalue weighted by atomic mass is 10.2. The molecule has 1 aromatic heterocycles. The van der Waals surface area contributed by atoms with Crippen molar-refractivity contribution in [2.24, 2.45) is 0 Å². The number of rotatable bonds is 5. The third-order valence-corrected chi connectivity index (χ3v) is 5.49. The largest absolute Gasteiger partial charge is 0.377 e. The average Bonchev–Trinajstić information content (AvgIpc) is 3.12. The molecule has 112 valence electrons. The van der Waals surface area contributed by atoms with Crippen LogP contribution in [0.3, 0.4) is 0 Å². The van der Waals surface area contributed by atoms with Crippen LogP contribution in [0.25, 0.3) is 0 Å². The zero-order valence-corrected chi connectivity index (χ0v) is 13.5. The standard InChI is InChI=1S/C14H22ClN3OS/c1-17(9-11-5-4-8-19-11)10-12-13(15)16-14(20-12)18-6-2-3-7-18/h11H,2-10H2,1H3. The van der Waals surface area contributed by atoms with E-state index in [1.165, 1.54) is 30.6 Å². The molecule has 6 heteroatoms. The van der Waals surface area contributed by atoms with E-state index in [1.807, 2.05) is 0 Å². The molecular formula is C14H22ClN3OS. The molecular weight excluding hydrogens is 294 g/mol. The Morgan fingerprint density at radius 2 is 2.20 bits per heavy atom. The number of hydrogen-bond acceptors (Lipinski definition) is 5. The highest BCUT2D eigenvalue weighted by Gasteiger charge is 2.21. The molecule has 0 saturated carbocycles. The first-order chi connectivity index (χ1) is 9.72. The van der Waals surface area contributed by atoms with Crippen LogP contribution < -0.4 is 4.90 Å². The Kier molecular flexibility index (Phi) is 4.81. The Balaban J connectivity index is 1.58. The number of ether oxygens (including phenoxy) is 1. The average molecular weight is 316 g/mol. The molecule has 2 fully saturated rings. The van der Waals surface area contributed by atoms with Gasteiger partial charge in [0.2, 0.25) is 0 Å². The normalized spacial score (nSPS) is 23.1. The second-order valence-corrected chi connectivity index (χ2v) is 7.16. The molecule has 1 aromatic rings. The topological polar surface area (TPSA) is 28.6 Å². The SMILES string of the molecule is CN(Cc1sc(N2CCCC2)nc1Cl)CC1CCCO1. The fourth-order valence-electron chi connectivity index (χ4n) is 2.91. The minimum Gasteiger partial charge on any atom is -0.377 e. The summed E-state index contributed by atoms with van der Waals surface area (Å²) in [4.78, 5) is 10.3. The van der Waals surface area contributed by atoms with Crippen LogP contribution in [-0.4, -0.2) is 49.3 Å². The van der Waals surface area contributed by atoms with Crippen molar-refractivity contribution in [2.45, 2.75) is 38.3 Å². The second kappa shape index (κ2) is 6.60. The molecule has 2 saturated heterocycles. The van der Waals surface area contributed by atoms with Crippen LogP contribution in [0, 0.1) is 0 Å². The van der Waals surface area contributed by atoms with Crippen molar-refractivity contribution in [3.8, 4) is 0 Å². The fourth-order valence-corrected chi connectivity index (χ4v) is 4.30. The number of halogens is 1. The summed E-state index contributed by atoms with van der Waals surface area (Å²) in [5.74, 6) is 0. The summed E-state index contributed by atoms with van der Waals surface area (Å²) in [6, 6.07) is 0. The summed E-state index contributed by atoms with van der Waals surface area (Å²) < 4.78 is 5.68. The fraction of sp³-hybridized carbons (Fsp3) is 0.786. The van der Waals surface area contributed by atoms with E-state index in [1.54, 1.807) is 11.3 Å². The Labute approximate surface area is 129 Å². The first kappa shape index (κ1) is 14.6. The molecule has 1 atom stereocenters. The first-order valence-electron chi connectivity index (χ1n) is 7.42. The quantitative estimate of drug-likeness (QED) is 0.835. The summed E-state index contributed by atoms with van der Waals surface area (Å²) in [5, 5.41) is 1.77. The highest BCUT2D eigenvalue weighted by atomic mass is 35.5. The number of hydrogen-bond donors (Lipinski definition) is 0. The number of thiazole rings is 1. The van der Waals surface area contributed by atoms with Crippen LogP contribution in [0.1, 0.15) is 30.6 Å². The van der Waals surface area contributed by atoms with Gasteiger partial charge in [0, 0.05) is 32.8 Å². The van der Waals surface area contributed by atoms with Crippen molar-refractivity contribution in [3.05, 3.63) is 10.0 Å². The molecule has 0 radical (unpaired) electrons. The van der Waals surface area contributed by atoms with E-state index in [9.17, 15) is 0 Å². The van der Waals surface area contributed by atoms with Crippen molar-refractivity contribution in [1.82, 2.24) is 9.88 Å². The minimum absolute atomic E-state index is 0.393. The van der Waals surface area contributed by atoms with E-state index in [4.69, 9.17) is 16.3 Å². The zero-order chi connectivity index (χ0) is 13.9. The minimum atomic E-state index is 0.393. The second-order valence-electron chi connectivity index (χ2n) is 5.74. The molecule has 0 bridgehead atoms.